The molecule has 0 aromatic rings. The molecule has 11 nitrogen and oxygen atoms in total. The van der Waals surface area contributed by atoms with Crippen molar-refractivity contribution in [2.45, 2.75) is 111 Å². The molecule has 0 heterocycles. The van der Waals surface area contributed by atoms with Gasteiger partial charge in [-0.3, -0.25) is 28.8 Å². The molecule has 11 heteroatoms. The molecule has 0 amide bonds. The second-order valence-electron chi connectivity index (χ2n) is 12.9. The number of fused-ring (bicyclic) bond motifs is 3. The molecule has 9 atom stereocenters. The molecule has 1 spiro atoms. The molecule has 0 saturated heterocycles. The summed E-state index contributed by atoms with van der Waals surface area (Å²) in [6.45, 7) is 16.1. The monoisotopic (exact) mass is 576 g/mol. The van der Waals surface area contributed by atoms with E-state index in [1.54, 1.807) is 0 Å². The summed E-state index contributed by atoms with van der Waals surface area (Å²) in [5.74, 6) is -5.25. The number of carbonyl (C=O) groups is 6. The summed E-state index contributed by atoms with van der Waals surface area (Å²) in [5.41, 5.74) is -5.30. The van der Waals surface area contributed by atoms with E-state index in [9.17, 15) is 28.8 Å². The summed E-state index contributed by atoms with van der Waals surface area (Å²) in [4.78, 5) is 77.5. The Morgan fingerprint density at radius 1 is 0.780 bits per heavy atom. The third-order valence-corrected chi connectivity index (χ3v) is 10.1. The van der Waals surface area contributed by atoms with E-state index >= 15 is 0 Å². The van der Waals surface area contributed by atoms with Crippen molar-refractivity contribution in [1.82, 2.24) is 0 Å². The van der Waals surface area contributed by atoms with Crippen molar-refractivity contribution in [3.05, 3.63) is 12.2 Å². The third-order valence-electron chi connectivity index (χ3n) is 10.1. The van der Waals surface area contributed by atoms with Gasteiger partial charge in [-0.15, -0.1) is 0 Å². The molecule has 2 bridgehead atoms. The van der Waals surface area contributed by atoms with Gasteiger partial charge in [0.05, 0.1) is 0 Å². The molecule has 4 fully saturated rings. The van der Waals surface area contributed by atoms with E-state index in [2.05, 4.69) is 20.4 Å². The third kappa shape index (κ3) is 4.37. The topological polar surface area (TPSA) is 149 Å². The van der Waals surface area contributed by atoms with Crippen LogP contribution in [-0.2, 0) is 52.5 Å². The molecule has 4 rings (SSSR count). The molecule has 0 N–H and O–H groups in total. The molecule has 0 aliphatic heterocycles. The van der Waals surface area contributed by atoms with E-state index in [1.807, 2.05) is 6.92 Å². The highest BCUT2D eigenvalue weighted by Crippen LogP contribution is 2.74. The fourth-order valence-corrected chi connectivity index (χ4v) is 9.09. The normalized spacial score (nSPS) is 40.4. The quantitative estimate of drug-likeness (QED) is 0.270. The molecular formula is C30H40O11. The van der Waals surface area contributed by atoms with Crippen molar-refractivity contribution in [2.75, 3.05) is 0 Å². The van der Waals surface area contributed by atoms with Gasteiger partial charge >= 0.3 is 29.8 Å². The number of Topliss-reactive ketones (excluding diaryl/α,β-unsaturated/α-hetero) is 1. The van der Waals surface area contributed by atoms with Crippen molar-refractivity contribution in [3.63, 3.8) is 0 Å². The average molecular weight is 577 g/mol. The molecule has 41 heavy (non-hydrogen) atoms. The van der Waals surface area contributed by atoms with E-state index in [0.29, 0.717) is 12.8 Å². The van der Waals surface area contributed by atoms with Gasteiger partial charge in [-0.2, -0.15) is 0 Å². The maximum Gasteiger partial charge on any atom is 0.303 e. The van der Waals surface area contributed by atoms with Gasteiger partial charge in [0.2, 0.25) is 0 Å². The summed E-state index contributed by atoms with van der Waals surface area (Å²) in [5, 5.41) is 0. The number of hydrogen-bond donors (Lipinski definition) is 0. The van der Waals surface area contributed by atoms with Crippen LogP contribution in [-0.4, -0.2) is 65.6 Å². The van der Waals surface area contributed by atoms with Gasteiger partial charge in [0, 0.05) is 57.9 Å². The fourth-order valence-electron chi connectivity index (χ4n) is 9.09. The van der Waals surface area contributed by atoms with Gasteiger partial charge in [-0.05, 0) is 30.6 Å². The molecule has 4 aliphatic rings. The van der Waals surface area contributed by atoms with Crippen LogP contribution in [0.25, 0.3) is 0 Å². The van der Waals surface area contributed by atoms with Crippen LogP contribution in [0.1, 0.15) is 81.1 Å². The first-order chi connectivity index (χ1) is 18.8. The maximum absolute atomic E-state index is 14.7. The van der Waals surface area contributed by atoms with Crippen molar-refractivity contribution in [1.29, 1.82) is 0 Å². The predicted molar refractivity (Wildman–Crippen MR) is 141 cm³/mol. The van der Waals surface area contributed by atoms with Crippen molar-refractivity contribution in [3.8, 4) is 0 Å². The molecule has 0 radical (unpaired) electrons. The highest BCUT2D eigenvalue weighted by Gasteiger charge is 2.85. The zero-order valence-corrected chi connectivity index (χ0v) is 25.0. The Balaban J connectivity index is 2.13. The van der Waals surface area contributed by atoms with E-state index in [0.717, 1.165) is 13.8 Å². The van der Waals surface area contributed by atoms with Crippen LogP contribution in [0.4, 0.5) is 0 Å². The number of rotatable bonds is 5. The minimum absolute atomic E-state index is 0.142. The van der Waals surface area contributed by atoms with Gasteiger partial charge in [0.25, 0.3) is 0 Å². The second kappa shape index (κ2) is 9.94. The van der Waals surface area contributed by atoms with E-state index in [4.69, 9.17) is 23.7 Å². The van der Waals surface area contributed by atoms with Crippen molar-refractivity contribution < 1.29 is 52.5 Å². The van der Waals surface area contributed by atoms with Gasteiger partial charge in [-0.25, -0.2) is 0 Å². The van der Waals surface area contributed by atoms with E-state index in [-0.39, 0.29) is 29.7 Å². The summed E-state index contributed by atoms with van der Waals surface area (Å²) in [6.07, 6.45) is -3.36. The summed E-state index contributed by atoms with van der Waals surface area (Å²) < 4.78 is 29.5. The van der Waals surface area contributed by atoms with Crippen LogP contribution in [0.5, 0.6) is 0 Å². The lowest BCUT2D eigenvalue weighted by molar-refractivity contribution is -0.299. The SMILES string of the molecule is C=C1C(=O)[C@]23[C@H]([C@@H](OC(C)=O)C[C@]1(OC(C)=O)[C@H]2OC(C)=O)[C@@]1(C)[C@H](C[C@H]3OC(C)=O)C(C)(C)CC[C@H]1OC(C)=O. The molecule has 0 unspecified atom stereocenters. The molecule has 0 aromatic heterocycles. The largest absolute Gasteiger partial charge is 0.462 e. The van der Waals surface area contributed by atoms with Crippen LogP contribution in [0.3, 0.4) is 0 Å². The van der Waals surface area contributed by atoms with Crippen LogP contribution >= 0.6 is 0 Å². The zero-order chi connectivity index (χ0) is 30.9. The average Bonchev–Trinajstić information content (AvgIpc) is 2.91. The Labute approximate surface area is 239 Å². The van der Waals surface area contributed by atoms with Crippen LogP contribution in [0, 0.1) is 28.1 Å². The Morgan fingerprint density at radius 2 is 1.32 bits per heavy atom. The lowest BCUT2D eigenvalue weighted by Gasteiger charge is -2.68. The fraction of sp³-hybridized carbons (Fsp3) is 0.733. The van der Waals surface area contributed by atoms with Gasteiger partial charge in [0.1, 0.15) is 23.7 Å². The zero-order valence-electron chi connectivity index (χ0n) is 25.0. The minimum Gasteiger partial charge on any atom is -0.462 e. The number of ketones is 1. The smallest absolute Gasteiger partial charge is 0.303 e. The van der Waals surface area contributed by atoms with Gasteiger partial charge < -0.3 is 23.7 Å². The number of ether oxygens (including phenoxy) is 5. The second-order valence-corrected chi connectivity index (χ2v) is 12.9. The molecule has 4 saturated carbocycles. The number of esters is 5. The first-order valence-corrected chi connectivity index (χ1v) is 14.0. The Morgan fingerprint density at radius 3 is 1.83 bits per heavy atom. The first-order valence-electron chi connectivity index (χ1n) is 14.0. The Kier molecular flexibility index (Phi) is 7.45. The predicted octanol–water partition coefficient (Wildman–Crippen LogP) is 3.01. The summed E-state index contributed by atoms with van der Waals surface area (Å²) in [6, 6.07) is 0. The Bertz CT molecular complexity index is 1220. The minimum atomic E-state index is -1.88. The Hall–Kier alpha value is -3.24. The molecule has 0 aromatic carbocycles. The number of carbonyl (C=O) groups excluding carboxylic acids is 6. The first kappa shape index (κ1) is 30.7. The lowest BCUT2D eigenvalue weighted by Crippen LogP contribution is -2.76. The van der Waals surface area contributed by atoms with Crippen LogP contribution in [0.15, 0.2) is 12.2 Å². The van der Waals surface area contributed by atoms with E-state index in [1.165, 1.54) is 20.8 Å². The van der Waals surface area contributed by atoms with Crippen LogP contribution < -0.4 is 0 Å². The van der Waals surface area contributed by atoms with Crippen molar-refractivity contribution >= 4 is 35.6 Å². The lowest BCUT2D eigenvalue weighted by atomic mass is 9.38. The maximum atomic E-state index is 14.7. The summed E-state index contributed by atoms with van der Waals surface area (Å²) in [7, 11) is 0. The highest BCUT2D eigenvalue weighted by molar-refractivity contribution is 6.07. The highest BCUT2D eigenvalue weighted by atomic mass is 16.6. The van der Waals surface area contributed by atoms with Crippen LogP contribution in [0.2, 0.25) is 0 Å². The van der Waals surface area contributed by atoms with Crippen molar-refractivity contribution in [2.24, 2.45) is 28.1 Å². The standard InChI is InChI=1S/C30H40O11/c1-14-25(36)30-23(39-17(4)33)12-21-27(7,8)11-10-22(38-16(3)32)28(21,9)24(30)20(37-15(2)31)13-29(14,41-19(6)35)26(30)40-18(5)34/h20-24,26H,1,10-13H2,2-9H3/t20-,21+,22+,23+,24+,26+,28-,29+,30-/m0/s1. The number of hydrogen-bond acceptors (Lipinski definition) is 11. The molecular weight excluding hydrogens is 536 g/mol. The summed E-state index contributed by atoms with van der Waals surface area (Å²) >= 11 is 0. The molecule has 4 aliphatic carbocycles. The van der Waals surface area contributed by atoms with Gasteiger partial charge in [-0.1, -0.05) is 27.4 Å². The molecule has 226 valence electrons. The van der Waals surface area contributed by atoms with E-state index < -0.39 is 82.4 Å². The van der Waals surface area contributed by atoms with Gasteiger partial charge in [0.15, 0.2) is 17.5 Å².